The normalized spacial score (nSPS) is 9.90. The Kier molecular flexibility index (Phi) is 5.20. The van der Waals surface area contributed by atoms with Gasteiger partial charge in [-0.1, -0.05) is 12.7 Å². The van der Waals surface area contributed by atoms with Gasteiger partial charge in [0.15, 0.2) is 0 Å². The minimum atomic E-state index is -1.57. The van der Waals surface area contributed by atoms with Gasteiger partial charge in [-0.25, -0.2) is 0 Å². The van der Waals surface area contributed by atoms with Crippen molar-refractivity contribution in [1.29, 1.82) is 0 Å². The van der Waals surface area contributed by atoms with Gasteiger partial charge >= 0.3 is 9.28 Å². The Labute approximate surface area is 64.0 Å². The molecule has 0 rings (SSSR count). The molecule has 0 bridgehead atoms. The number of hydrogen-bond donors (Lipinski definition) is 0. The van der Waals surface area contributed by atoms with E-state index in [0.29, 0.717) is 0 Å². The quantitative estimate of drug-likeness (QED) is 0.442. The Morgan fingerprint density at radius 3 is 2.30 bits per heavy atom. The molecule has 0 aromatic rings. The van der Waals surface area contributed by atoms with Gasteiger partial charge in [0.2, 0.25) is 0 Å². The van der Waals surface area contributed by atoms with Crippen molar-refractivity contribution in [3.8, 4) is 0 Å². The smallest absolute Gasteiger partial charge is 0.350 e. The fraction of sp³-hybridized carbons (Fsp3) is 0.429. The summed E-state index contributed by atoms with van der Waals surface area (Å²) in [5, 5.41) is 1.03. The third kappa shape index (κ3) is 2.96. The first-order valence-corrected chi connectivity index (χ1v) is 4.62. The van der Waals surface area contributed by atoms with E-state index < -0.39 is 9.28 Å². The summed E-state index contributed by atoms with van der Waals surface area (Å²) in [4.78, 5) is 0. The Morgan fingerprint density at radius 2 is 2.00 bits per heavy atom. The summed E-state index contributed by atoms with van der Waals surface area (Å²) in [7, 11) is 1.73. The first kappa shape index (κ1) is 9.62. The van der Waals surface area contributed by atoms with Gasteiger partial charge in [-0.15, -0.1) is 6.58 Å². The molecule has 0 radical (unpaired) electrons. The van der Waals surface area contributed by atoms with Crippen LogP contribution in [-0.4, -0.2) is 23.5 Å². The van der Waals surface area contributed by atoms with Crippen LogP contribution in [0.15, 0.2) is 24.4 Å². The fourth-order valence-electron chi connectivity index (χ4n) is 0.711. The second-order valence-corrected chi connectivity index (χ2v) is 4.38. The molecule has 0 N–H and O–H groups in total. The lowest BCUT2D eigenvalue weighted by molar-refractivity contribution is 0.286. The maximum atomic E-state index is 5.08. The summed E-state index contributed by atoms with van der Waals surface area (Å²) < 4.78 is 10.2. The molecule has 0 atom stereocenters. The van der Waals surface area contributed by atoms with E-state index in [4.69, 9.17) is 8.85 Å². The summed E-state index contributed by atoms with van der Waals surface area (Å²) in [6.07, 6.45) is 2.60. The van der Waals surface area contributed by atoms with Crippen molar-refractivity contribution in [2.45, 2.75) is 6.42 Å². The SMILES string of the molecule is C=CCC(=C)[SiH](OC)OC. The van der Waals surface area contributed by atoms with Gasteiger partial charge in [-0.2, -0.15) is 0 Å². The predicted octanol–water partition coefficient (Wildman–Crippen LogP) is 1.17. The minimum absolute atomic E-state index is 0.790. The summed E-state index contributed by atoms with van der Waals surface area (Å²) in [5.74, 6) is 0. The molecular formula is C7H14O2Si. The average Bonchev–Trinajstić information content (AvgIpc) is 1.91. The van der Waals surface area contributed by atoms with Crippen molar-refractivity contribution in [1.82, 2.24) is 0 Å². The van der Waals surface area contributed by atoms with E-state index in [-0.39, 0.29) is 0 Å². The molecule has 0 aromatic carbocycles. The van der Waals surface area contributed by atoms with Crippen molar-refractivity contribution in [3.63, 3.8) is 0 Å². The van der Waals surface area contributed by atoms with Crippen molar-refractivity contribution in [2.75, 3.05) is 14.2 Å². The van der Waals surface area contributed by atoms with E-state index >= 15 is 0 Å². The lowest BCUT2D eigenvalue weighted by Crippen LogP contribution is -2.21. The Morgan fingerprint density at radius 1 is 1.50 bits per heavy atom. The molecule has 0 aliphatic rings. The van der Waals surface area contributed by atoms with Crippen LogP contribution in [0.25, 0.3) is 0 Å². The molecule has 0 aliphatic carbocycles. The molecule has 0 saturated carbocycles. The number of allylic oxidation sites excluding steroid dienone is 2. The zero-order valence-corrected chi connectivity index (χ0v) is 7.75. The van der Waals surface area contributed by atoms with Crippen molar-refractivity contribution >= 4 is 9.28 Å². The topological polar surface area (TPSA) is 18.5 Å². The van der Waals surface area contributed by atoms with Gasteiger partial charge in [-0.3, -0.25) is 0 Å². The van der Waals surface area contributed by atoms with Crippen LogP contribution in [-0.2, 0) is 8.85 Å². The zero-order valence-electron chi connectivity index (χ0n) is 6.59. The van der Waals surface area contributed by atoms with E-state index in [1.54, 1.807) is 20.3 Å². The molecule has 0 amide bonds. The predicted molar refractivity (Wildman–Crippen MR) is 45.1 cm³/mol. The highest BCUT2D eigenvalue weighted by Crippen LogP contribution is 2.04. The van der Waals surface area contributed by atoms with Crippen LogP contribution in [0.5, 0.6) is 0 Å². The molecular weight excluding hydrogens is 144 g/mol. The van der Waals surface area contributed by atoms with Gasteiger partial charge in [-0.05, 0) is 11.6 Å². The van der Waals surface area contributed by atoms with Gasteiger partial charge in [0.1, 0.15) is 0 Å². The molecule has 2 nitrogen and oxygen atoms in total. The van der Waals surface area contributed by atoms with Crippen molar-refractivity contribution in [2.24, 2.45) is 0 Å². The molecule has 3 heteroatoms. The second kappa shape index (κ2) is 5.41. The summed E-state index contributed by atoms with van der Waals surface area (Å²) >= 11 is 0. The van der Waals surface area contributed by atoms with Crippen LogP contribution < -0.4 is 0 Å². The van der Waals surface area contributed by atoms with Crippen molar-refractivity contribution in [3.05, 3.63) is 24.4 Å². The first-order valence-electron chi connectivity index (χ1n) is 3.10. The highest BCUT2D eigenvalue weighted by molar-refractivity contribution is 6.53. The van der Waals surface area contributed by atoms with E-state index in [1.165, 1.54) is 0 Å². The monoisotopic (exact) mass is 158 g/mol. The van der Waals surface area contributed by atoms with Crippen LogP contribution in [0.1, 0.15) is 6.42 Å². The Hall–Kier alpha value is -0.383. The van der Waals surface area contributed by atoms with Gasteiger partial charge in [0, 0.05) is 14.2 Å². The lowest BCUT2D eigenvalue weighted by Gasteiger charge is -2.11. The van der Waals surface area contributed by atoms with Gasteiger partial charge in [0.25, 0.3) is 0 Å². The molecule has 58 valence electrons. The molecule has 0 spiro atoms. The van der Waals surface area contributed by atoms with Crippen LogP contribution >= 0.6 is 0 Å². The van der Waals surface area contributed by atoms with Crippen LogP contribution in [0.2, 0.25) is 0 Å². The standard InChI is InChI=1S/C7H14O2Si/c1-5-6-7(2)10(8-3)9-4/h5,10H,1-2,6H2,3-4H3. The molecule has 0 unspecified atom stereocenters. The van der Waals surface area contributed by atoms with E-state index in [2.05, 4.69) is 13.2 Å². The Bertz CT molecular complexity index is 119. The summed E-state index contributed by atoms with van der Waals surface area (Å²) in [5.41, 5.74) is 0. The third-order valence-corrected chi connectivity index (χ3v) is 2.93. The lowest BCUT2D eigenvalue weighted by atomic mass is 10.4. The van der Waals surface area contributed by atoms with Crippen molar-refractivity contribution < 1.29 is 8.85 Å². The molecule has 0 aliphatic heterocycles. The maximum Gasteiger partial charge on any atom is 0.350 e. The second-order valence-electron chi connectivity index (χ2n) is 1.95. The highest BCUT2D eigenvalue weighted by Gasteiger charge is 2.11. The largest absolute Gasteiger partial charge is 0.397 e. The van der Waals surface area contributed by atoms with Gasteiger partial charge < -0.3 is 8.85 Å². The molecule has 10 heavy (non-hydrogen) atoms. The van der Waals surface area contributed by atoms with Crippen LogP contribution in [0, 0.1) is 0 Å². The number of rotatable bonds is 5. The van der Waals surface area contributed by atoms with E-state index in [1.807, 2.05) is 0 Å². The van der Waals surface area contributed by atoms with E-state index in [9.17, 15) is 0 Å². The summed E-state index contributed by atoms with van der Waals surface area (Å²) in [6, 6.07) is 0. The van der Waals surface area contributed by atoms with E-state index in [0.717, 1.165) is 11.6 Å². The number of hydrogen-bond acceptors (Lipinski definition) is 2. The third-order valence-electron chi connectivity index (χ3n) is 1.17. The maximum absolute atomic E-state index is 5.08. The van der Waals surface area contributed by atoms with Crippen LogP contribution in [0.3, 0.4) is 0 Å². The average molecular weight is 158 g/mol. The molecule has 0 heterocycles. The van der Waals surface area contributed by atoms with Crippen LogP contribution in [0.4, 0.5) is 0 Å². The molecule has 0 saturated heterocycles. The minimum Gasteiger partial charge on any atom is -0.397 e. The fourth-order valence-corrected chi connectivity index (χ4v) is 1.93. The Balaban J connectivity index is 3.76. The first-order chi connectivity index (χ1) is 4.76. The molecule has 0 aromatic heterocycles. The zero-order chi connectivity index (χ0) is 7.98. The summed E-state index contributed by atoms with van der Waals surface area (Å²) in [6.45, 7) is 7.43. The highest BCUT2D eigenvalue weighted by atomic mass is 28.3. The van der Waals surface area contributed by atoms with Gasteiger partial charge in [0.05, 0.1) is 0 Å². The molecule has 0 fully saturated rings.